The molecular weight excluding hydrogens is 284 g/mol. The maximum atomic E-state index is 11.9. The molecule has 2 amide bonds. The van der Waals surface area contributed by atoms with E-state index >= 15 is 0 Å². The van der Waals surface area contributed by atoms with Crippen LogP contribution in [0.2, 0.25) is 0 Å². The molecule has 0 aliphatic heterocycles. The fourth-order valence-electron chi connectivity index (χ4n) is 2.05. The molecule has 0 bridgehead atoms. The molecule has 1 aliphatic rings. The summed E-state index contributed by atoms with van der Waals surface area (Å²) in [5, 5.41) is 5.46. The number of rotatable bonds is 7. The topological polar surface area (TPSA) is 84.5 Å². The van der Waals surface area contributed by atoms with Gasteiger partial charge in [0.25, 0.3) is 5.91 Å². The first-order valence-electron chi connectivity index (χ1n) is 7.31. The summed E-state index contributed by atoms with van der Waals surface area (Å²) in [4.78, 5) is 34.6. The summed E-state index contributed by atoms with van der Waals surface area (Å²) in [6.07, 6.45) is 1.96. The van der Waals surface area contributed by atoms with Crippen LogP contribution in [0.1, 0.15) is 37.8 Å². The van der Waals surface area contributed by atoms with Crippen LogP contribution in [0.25, 0.3) is 0 Å². The molecule has 22 heavy (non-hydrogen) atoms. The van der Waals surface area contributed by atoms with Crippen LogP contribution >= 0.6 is 0 Å². The van der Waals surface area contributed by atoms with Gasteiger partial charge in [-0.15, -0.1) is 0 Å². The molecule has 1 aromatic carbocycles. The molecule has 1 aliphatic carbocycles. The number of benzene rings is 1. The molecule has 0 aromatic heterocycles. The van der Waals surface area contributed by atoms with Gasteiger partial charge in [-0.25, -0.2) is 0 Å². The lowest BCUT2D eigenvalue weighted by atomic mass is 10.0. The highest BCUT2D eigenvalue weighted by Gasteiger charge is 2.24. The summed E-state index contributed by atoms with van der Waals surface area (Å²) < 4.78 is 4.96. The Morgan fingerprint density at radius 1 is 1.23 bits per heavy atom. The van der Waals surface area contributed by atoms with Crippen molar-refractivity contribution >= 4 is 17.8 Å². The van der Waals surface area contributed by atoms with Crippen molar-refractivity contribution in [3.05, 3.63) is 35.9 Å². The van der Waals surface area contributed by atoms with Gasteiger partial charge in [0.05, 0.1) is 12.5 Å². The molecule has 0 saturated heterocycles. The lowest BCUT2D eigenvalue weighted by Crippen LogP contribution is -2.32. The average Bonchev–Trinajstić information content (AvgIpc) is 3.29. The molecule has 1 fully saturated rings. The number of hydrogen-bond donors (Lipinski definition) is 2. The molecule has 1 atom stereocenters. The number of nitrogens with one attached hydrogen (secondary N) is 2. The van der Waals surface area contributed by atoms with E-state index in [1.165, 1.54) is 6.92 Å². The van der Waals surface area contributed by atoms with E-state index in [-0.39, 0.29) is 30.9 Å². The second-order valence-electron chi connectivity index (χ2n) is 5.37. The summed E-state index contributed by atoms with van der Waals surface area (Å²) in [5.41, 5.74) is 0.817. The summed E-state index contributed by atoms with van der Waals surface area (Å²) in [6.45, 7) is 1.11. The molecule has 1 aromatic rings. The minimum atomic E-state index is -0.520. The van der Waals surface area contributed by atoms with Crippen molar-refractivity contribution in [3.8, 4) is 0 Å². The molecule has 6 heteroatoms. The maximum absolute atomic E-state index is 11.9. The monoisotopic (exact) mass is 304 g/mol. The van der Waals surface area contributed by atoms with Crippen LogP contribution in [0, 0.1) is 0 Å². The van der Waals surface area contributed by atoms with Gasteiger partial charge in [0.15, 0.2) is 6.61 Å². The Morgan fingerprint density at radius 3 is 2.50 bits per heavy atom. The highest BCUT2D eigenvalue weighted by molar-refractivity contribution is 5.81. The van der Waals surface area contributed by atoms with Crippen molar-refractivity contribution in [2.24, 2.45) is 0 Å². The fourth-order valence-corrected chi connectivity index (χ4v) is 2.05. The lowest BCUT2D eigenvalue weighted by Gasteiger charge is -2.17. The quantitative estimate of drug-likeness (QED) is 0.738. The Labute approximate surface area is 129 Å². The number of hydrogen-bond acceptors (Lipinski definition) is 4. The Bertz CT molecular complexity index is 540. The van der Waals surface area contributed by atoms with Crippen LogP contribution in [0.3, 0.4) is 0 Å². The van der Waals surface area contributed by atoms with Gasteiger partial charge < -0.3 is 15.4 Å². The smallest absolute Gasteiger partial charge is 0.308 e. The number of esters is 1. The van der Waals surface area contributed by atoms with Crippen LogP contribution in [-0.2, 0) is 19.1 Å². The van der Waals surface area contributed by atoms with E-state index < -0.39 is 12.0 Å². The molecule has 0 heterocycles. The van der Waals surface area contributed by atoms with Gasteiger partial charge >= 0.3 is 5.97 Å². The van der Waals surface area contributed by atoms with Gasteiger partial charge in [-0.3, -0.25) is 14.4 Å². The van der Waals surface area contributed by atoms with E-state index in [0.717, 1.165) is 18.4 Å². The van der Waals surface area contributed by atoms with Crippen molar-refractivity contribution in [2.45, 2.75) is 38.3 Å². The first-order valence-corrected chi connectivity index (χ1v) is 7.31. The molecule has 0 radical (unpaired) electrons. The number of carbonyl (C=O) groups excluding carboxylic acids is 3. The standard InChI is InChI=1S/C16H20N2O4/c1-11(19)17-14(12-5-3-2-4-6-12)9-16(21)22-10-15(20)18-13-7-8-13/h2-6,13-14H,7-10H2,1H3,(H,17,19)(H,18,20)/t14-/m1/s1. The third-order valence-electron chi connectivity index (χ3n) is 3.26. The largest absolute Gasteiger partial charge is 0.456 e. The first kappa shape index (κ1) is 16.0. The van der Waals surface area contributed by atoms with Crippen LogP contribution in [0.4, 0.5) is 0 Å². The molecule has 118 valence electrons. The number of ether oxygens (including phenoxy) is 1. The van der Waals surface area contributed by atoms with E-state index in [1.54, 1.807) is 0 Å². The van der Waals surface area contributed by atoms with Crippen LogP contribution in [0.15, 0.2) is 30.3 Å². The Morgan fingerprint density at radius 2 is 1.91 bits per heavy atom. The van der Waals surface area contributed by atoms with Gasteiger partial charge in [0.2, 0.25) is 5.91 Å². The molecule has 2 rings (SSSR count). The second kappa shape index (κ2) is 7.59. The van der Waals surface area contributed by atoms with Crippen LogP contribution < -0.4 is 10.6 Å². The van der Waals surface area contributed by atoms with Crippen molar-refractivity contribution in [1.82, 2.24) is 10.6 Å². The maximum Gasteiger partial charge on any atom is 0.308 e. The van der Waals surface area contributed by atoms with E-state index in [1.807, 2.05) is 30.3 Å². The third-order valence-corrected chi connectivity index (χ3v) is 3.26. The highest BCUT2D eigenvalue weighted by Crippen LogP contribution is 2.19. The minimum absolute atomic E-state index is 0.0136. The van der Waals surface area contributed by atoms with E-state index in [0.29, 0.717) is 0 Å². The van der Waals surface area contributed by atoms with Crippen molar-refractivity contribution in [2.75, 3.05) is 6.61 Å². The molecule has 0 unspecified atom stereocenters. The summed E-state index contributed by atoms with van der Waals surface area (Å²) in [7, 11) is 0. The van der Waals surface area contributed by atoms with Gasteiger partial charge in [0.1, 0.15) is 0 Å². The third kappa shape index (κ3) is 5.55. The van der Waals surface area contributed by atoms with E-state index in [2.05, 4.69) is 10.6 Å². The predicted octanol–water partition coefficient (Wildman–Crippen LogP) is 1.08. The molecular formula is C16H20N2O4. The van der Waals surface area contributed by atoms with Crippen molar-refractivity contribution in [1.29, 1.82) is 0 Å². The second-order valence-corrected chi connectivity index (χ2v) is 5.37. The van der Waals surface area contributed by atoms with Crippen molar-refractivity contribution < 1.29 is 19.1 Å². The predicted molar refractivity (Wildman–Crippen MR) is 79.7 cm³/mol. The van der Waals surface area contributed by atoms with Gasteiger partial charge in [0, 0.05) is 13.0 Å². The Kier molecular flexibility index (Phi) is 5.52. The number of carbonyl (C=O) groups is 3. The zero-order valence-corrected chi connectivity index (χ0v) is 12.5. The fraction of sp³-hybridized carbons (Fsp3) is 0.438. The molecule has 0 spiro atoms. The highest BCUT2D eigenvalue weighted by atomic mass is 16.5. The molecule has 6 nitrogen and oxygen atoms in total. The average molecular weight is 304 g/mol. The van der Waals surface area contributed by atoms with E-state index in [4.69, 9.17) is 4.74 Å². The zero-order valence-electron chi connectivity index (χ0n) is 12.5. The normalized spacial score (nSPS) is 14.8. The minimum Gasteiger partial charge on any atom is -0.456 e. The van der Waals surface area contributed by atoms with Crippen LogP contribution in [0.5, 0.6) is 0 Å². The summed E-state index contributed by atoms with van der Waals surface area (Å²) in [6, 6.07) is 8.95. The van der Waals surface area contributed by atoms with Gasteiger partial charge in [-0.05, 0) is 18.4 Å². The number of amides is 2. The first-order chi connectivity index (χ1) is 10.5. The zero-order chi connectivity index (χ0) is 15.9. The van der Waals surface area contributed by atoms with Crippen molar-refractivity contribution in [3.63, 3.8) is 0 Å². The SMILES string of the molecule is CC(=O)N[C@H](CC(=O)OCC(=O)NC1CC1)c1ccccc1. The Balaban J connectivity index is 1.84. The van der Waals surface area contributed by atoms with Gasteiger partial charge in [-0.1, -0.05) is 30.3 Å². The molecule has 1 saturated carbocycles. The van der Waals surface area contributed by atoms with E-state index in [9.17, 15) is 14.4 Å². The molecule has 2 N–H and O–H groups in total. The summed E-state index contributed by atoms with van der Waals surface area (Å²) >= 11 is 0. The lowest BCUT2D eigenvalue weighted by molar-refractivity contribution is -0.149. The summed E-state index contributed by atoms with van der Waals surface area (Å²) in [5.74, 6) is -1.03. The van der Waals surface area contributed by atoms with Crippen LogP contribution in [-0.4, -0.2) is 30.4 Å². The van der Waals surface area contributed by atoms with Gasteiger partial charge in [-0.2, -0.15) is 0 Å². The Hall–Kier alpha value is -2.37.